The van der Waals surface area contributed by atoms with Gasteiger partial charge in [-0.2, -0.15) is 0 Å². The van der Waals surface area contributed by atoms with Gasteiger partial charge in [-0.3, -0.25) is 0 Å². The molecule has 0 aliphatic carbocycles. The van der Waals surface area contributed by atoms with E-state index in [0.717, 1.165) is 33.7 Å². The molecule has 0 aliphatic heterocycles. The minimum absolute atomic E-state index is 0.736. The number of pyridine rings is 1. The van der Waals surface area contributed by atoms with E-state index in [1.807, 2.05) is 66.5 Å². The van der Waals surface area contributed by atoms with Crippen molar-refractivity contribution >= 4 is 16.7 Å². The van der Waals surface area contributed by atoms with Crippen LogP contribution in [0.25, 0.3) is 28.0 Å². The van der Waals surface area contributed by atoms with Crippen LogP contribution in [-0.2, 0) is 0 Å². The van der Waals surface area contributed by atoms with Gasteiger partial charge in [0.2, 0.25) is 0 Å². The van der Waals surface area contributed by atoms with Gasteiger partial charge in [0, 0.05) is 24.5 Å². The van der Waals surface area contributed by atoms with Crippen molar-refractivity contribution in [3.63, 3.8) is 0 Å². The Bertz CT molecular complexity index is 943. The third-order valence-corrected chi connectivity index (χ3v) is 3.85. The van der Waals surface area contributed by atoms with Crippen LogP contribution in [0.4, 0.5) is 5.69 Å². The number of rotatable bonds is 3. The maximum absolute atomic E-state index is 4.73. The van der Waals surface area contributed by atoms with Crippen molar-refractivity contribution in [1.29, 1.82) is 0 Å². The lowest BCUT2D eigenvalue weighted by Gasteiger charge is -2.05. The van der Waals surface area contributed by atoms with Gasteiger partial charge in [0.1, 0.15) is 0 Å². The fraction of sp³-hybridized carbons (Fsp3) is 0.0526. The lowest BCUT2D eigenvalue weighted by molar-refractivity contribution is 0.890. The molecular weight excluding hydrogens is 284 g/mol. The smallest absolute Gasteiger partial charge is 0.184 e. The first-order chi connectivity index (χ1) is 11.3. The molecule has 0 fully saturated rings. The van der Waals surface area contributed by atoms with E-state index in [1.165, 1.54) is 0 Å². The van der Waals surface area contributed by atoms with Crippen LogP contribution in [0.5, 0.6) is 0 Å². The third kappa shape index (κ3) is 2.44. The zero-order chi connectivity index (χ0) is 15.6. The van der Waals surface area contributed by atoms with Crippen molar-refractivity contribution in [3.8, 4) is 16.9 Å². The van der Waals surface area contributed by atoms with Crippen LogP contribution in [0.15, 0.2) is 72.9 Å². The molecule has 0 atom stereocenters. The fourth-order valence-electron chi connectivity index (χ4n) is 2.67. The van der Waals surface area contributed by atoms with E-state index in [1.54, 1.807) is 0 Å². The maximum atomic E-state index is 4.73. The van der Waals surface area contributed by atoms with Crippen molar-refractivity contribution in [1.82, 2.24) is 14.8 Å². The first kappa shape index (κ1) is 13.5. The molecule has 4 rings (SSSR count). The molecule has 0 amide bonds. The van der Waals surface area contributed by atoms with Gasteiger partial charge in [0.25, 0.3) is 0 Å². The quantitative estimate of drug-likeness (QED) is 0.618. The number of hydrogen-bond donors (Lipinski definition) is 1. The Hall–Kier alpha value is -3.14. The summed E-state index contributed by atoms with van der Waals surface area (Å²) in [4.78, 5) is 4.73. The van der Waals surface area contributed by atoms with Crippen LogP contribution >= 0.6 is 0 Å². The van der Waals surface area contributed by atoms with E-state index >= 15 is 0 Å². The standard InChI is InChI=1S/C19H16N4/c1-20-18-12-17(14-8-4-2-5-9-14)21-19-16(18)13-23(22-19)15-10-6-3-7-11-15/h2-13,20H,1H3. The Morgan fingerprint density at radius 2 is 1.61 bits per heavy atom. The number of fused-ring (bicyclic) bond motifs is 1. The molecule has 112 valence electrons. The highest BCUT2D eigenvalue weighted by Gasteiger charge is 2.11. The van der Waals surface area contributed by atoms with Crippen LogP contribution in [-0.4, -0.2) is 21.8 Å². The number of para-hydroxylation sites is 1. The number of nitrogens with one attached hydrogen (secondary N) is 1. The molecule has 0 unspecified atom stereocenters. The lowest BCUT2D eigenvalue weighted by atomic mass is 10.1. The van der Waals surface area contributed by atoms with Crippen molar-refractivity contribution < 1.29 is 0 Å². The molecule has 0 radical (unpaired) electrons. The highest BCUT2D eigenvalue weighted by atomic mass is 15.3. The molecular formula is C19H16N4. The lowest BCUT2D eigenvalue weighted by Crippen LogP contribution is -1.94. The third-order valence-electron chi connectivity index (χ3n) is 3.85. The van der Waals surface area contributed by atoms with E-state index in [4.69, 9.17) is 4.98 Å². The zero-order valence-electron chi connectivity index (χ0n) is 12.8. The summed E-state index contributed by atoms with van der Waals surface area (Å²) in [7, 11) is 1.92. The summed E-state index contributed by atoms with van der Waals surface area (Å²) >= 11 is 0. The normalized spacial score (nSPS) is 10.8. The summed E-state index contributed by atoms with van der Waals surface area (Å²) < 4.78 is 1.87. The van der Waals surface area contributed by atoms with Gasteiger partial charge in [-0.1, -0.05) is 48.5 Å². The predicted octanol–water partition coefficient (Wildman–Crippen LogP) is 4.13. The van der Waals surface area contributed by atoms with Crippen LogP contribution in [0, 0.1) is 0 Å². The van der Waals surface area contributed by atoms with Gasteiger partial charge >= 0.3 is 0 Å². The molecule has 0 spiro atoms. The maximum Gasteiger partial charge on any atom is 0.184 e. The average Bonchev–Trinajstić information content (AvgIpc) is 3.06. The predicted molar refractivity (Wildman–Crippen MR) is 93.8 cm³/mol. The molecule has 1 N–H and O–H groups in total. The van der Waals surface area contributed by atoms with Gasteiger partial charge in [-0.25, -0.2) is 9.67 Å². The monoisotopic (exact) mass is 300 g/mol. The Balaban J connectivity index is 1.90. The number of anilines is 1. The van der Waals surface area contributed by atoms with Crippen LogP contribution in [0.2, 0.25) is 0 Å². The minimum Gasteiger partial charge on any atom is -0.387 e. The number of nitrogens with zero attached hydrogens (tertiary/aromatic N) is 3. The van der Waals surface area contributed by atoms with Crippen molar-refractivity contribution in [2.75, 3.05) is 12.4 Å². The second-order valence-electron chi connectivity index (χ2n) is 5.32. The van der Waals surface area contributed by atoms with Gasteiger partial charge in [-0.05, 0) is 18.2 Å². The fourth-order valence-corrected chi connectivity index (χ4v) is 2.67. The summed E-state index contributed by atoms with van der Waals surface area (Å²) in [5.41, 5.74) is 4.78. The van der Waals surface area contributed by atoms with E-state index < -0.39 is 0 Å². The number of aromatic nitrogens is 3. The van der Waals surface area contributed by atoms with Crippen molar-refractivity contribution in [3.05, 3.63) is 72.9 Å². The van der Waals surface area contributed by atoms with Crippen LogP contribution < -0.4 is 5.32 Å². The van der Waals surface area contributed by atoms with Gasteiger partial charge in [0.15, 0.2) is 5.65 Å². The second kappa shape index (κ2) is 5.57. The van der Waals surface area contributed by atoms with Crippen molar-refractivity contribution in [2.24, 2.45) is 0 Å². The van der Waals surface area contributed by atoms with Gasteiger partial charge in [0.05, 0.1) is 16.8 Å². The SMILES string of the molecule is CNc1cc(-c2ccccc2)nc2nn(-c3ccccc3)cc12. The Labute approximate surface area is 134 Å². The minimum atomic E-state index is 0.736. The topological polar surface area (TPSA) is 42.7 Å². The first-order valence-electron chi connectivity index (χ1n) is 7.54. The number of benzene rings is 2. The Kier molecular flexibility index (Phi) is 3.27. The summed E-state index contributed by atoms with van der Waals surface area (Å²) in [5.74, 6) is 0. The first-order valence-corrected chi connectivity index (χ1v) is 7.54. The summed E-state index contributed by atoms with van der Waals surface area (Å²) in [6.45, 7) is 0. The molecule has 0 saturated carbocycles. The molecule has 4 nitrogen and oxygen atoms in total. The summed E-state index contributed by atoms with van der Waals surface area (Å²) in [5, 5.41) is 8.91. The van der Waals surface area contributed by atoms with E-state index in [2.05, 4.69) is 28.6 Å². The zero-order valence-corrected chi connectivity index (χ0v) is 12.8. The highest BCUT2D eigenvalue weighted by Crippen LogP contribution is 2.28. The summed E-state index contributed by atoms with van der Waals surface area (Å²) in [6, 6.07) is 22.3. The van der Waals surface area contributed by atoms with E-state index in [-0.39, 0.29) is 0 Å². The summed E-state index contributed by atoms with van der Waals surface area (Å²) in [6.07, 6.45) is 2.01. The van der Waals surface area contributed by atoms with Gasteiger partial charge in [-0.15, -0.1) is 5.10 Å². The molecule has 23 heavy (non-hydrogen) atoms. The molecule has 0 aliphatic rings. The average molecular weight is 300 g/mol. The van der Waals surface area contributed by atoms with Crippen LogP contribution in [0.1, 0.15) is 0 Å². The Morgan fingerprint density at radius 3 is 2.30 bits per heavy atom. The Morgan fingerprint density at radius 1 is 0.913 bits per heavy atom. The van der Waals surface area contributed by atoms with E-state index in [9.17, 15) is 0 Å². The molecule has 4 aromatic rings. The second-order valence-corrected chi connectivity index (χ2v) is 5.32. The molecule has 0 bridgehead atoms. The molecule has 2 aromatic heterocycles. The molecule has 0 saturated heterocycles. The van der Waals surface area contributed by atoms with E-state index in [0.29, 0.717) is 0 Å². The largest absolute Gasteiger partial charge is 0.387 e. The molecule has 2 heterocycles. The number of hydrogen-bond acceptors (Lipinski definition) is 3. The molecule has 2 aromatic carbocycles. The van der Waals surface area contributed by atoms with Crippen molar-refractivity contribution in [2.45, 2.75) is 0 Å². The highest BCUT2D eigenvalue weighted by molar-refractivity contribution is 5.91. The molecule has 4 heteroatoms. The van der Waals surface area contributed by atoms with Gasteiger partial charge < -0.3 is 5.32 Å². The van der Waals surface area contributed by atoms with Crippen LogP contribution in [0.3, 0.4) is 0 Å².